The molecule has 0 saturated carbocycles. The van der Waals surface area contributed by atoms with Gasteiger partial charge in [0.15, 0.2) is 0 Å². The lowest BCUT2D eigenvalue weighted by Gasteiger charge is -2.42. The molecular formula is C19H13P. The lowest BCUT2D eigenvalue weighted by Crippen LogP contribution is -2.40. The molecule has 3 aromatic carbocycles. The fourth-order valence-electron chi connectivity index (χ4n) is 3.70. The van der Waals surface area contributed by atoms with Gasteiger partial charge in [-0.15, -0.1) is 0 Å². The molecule has 0 aliphatic carbocycles. The molecule has 0 radical (unpaired) electrons. The van der Waals surface area contributed by atoms with Crippen molar-refractivity contribution in [2.75, 3.05) is 0 Å². The first-order chi connectivity index (χ1) is 9.95. The van der Waals surface area contributed by atoms with Crippen LogP contribution in [0.2, 0.25) is 0 Å². The zero-order chi connectivity index (χ0) is 13.1. The molecule has 20 heavy (non-hydrogen) atoms. The predicted octanol–water partition coefficient (Wildman–Crippen LogP) is 3.25. The van der Waals surface area contributed by atoms with Gasteiger partial charge >= 0.3 is 0 Å². The van der Waals surface area contributed by atoms with Crippen molar-refractivity contribution in [1.82, 2.24) is 0 Å². The molecule has 0 amide bonds. The van der Waals surface area contributed by atoms with E-state index in [1.165, 1.54) is 16.7 Å². The van der Waals surface area contributed by atoms with Crippen LogP contribution in [-0.4, -0.2) is 0 Å². The van der Waals surface area contributed by atoms with Crippen LogP contribution in [0.1, 0.15) is 22.6 Å². The first-order valence-electron chi connectivity index (χ1n) is 7.02. The maximum Gasteiger partial charge on any atom is 0.0359 e. The Labute approximate surface area is 119 Å². The van der Waals surface area contributed by atoms with Crippen molar-refractivity contribution < 1.29 is 0 Å². The molecule has 0 saturated heterocycles. The Kier molecular flexibility index (Phi) is 2.06. The van der Waals surface area contributed by atoms with Crippen molar-refractivity contribution in [2.45, 2.75) is 5.92 Å². The van der Waals surface area contributed by atoms with E-state index in [2.05, 4.69) is 72.8 Å². The molecule has 0 N–H and O–H groups in total. The molecule has 1 heteroatoms. The van der Waals surface area contributed by atoms with Crippen LogP contribution in [0, 0.1) is 0 Å². The summed E-state index contributed by atoms with van der Waals surface area (Å²) in [6.07, 6.45) is 0. The Morgan fingerprint density at radius 1 is 0.500 bits per heavy atom. The maximum absolute atomic E-state index is 2.33. The second kappa shape index (κ2) is 3.81. The number of hydrogen-bond donors (Lipinski definition) is 0. The van der Waals surface area contributed by atoms with Gasteiger partial charge in [-0.25, -0.2) is 0 Å². The molecule has 2 bridgehead atoms. The summed E-state index contributed by atoms with van der Waals surface area (Å²) in [6.45, 7) is 0. The third-order valence-electron chi connectivity index (χ3n) is 4.47. The Bertz CT molecular complexity index is 653. The standard InChI is InChI=1S/C19H13P/c1-4-10-16-13(7-1)19-14-8-2-5-11-17(14)20(16)18-12-6-3-9-15(18)19/h1-12,19H. The summed E-state index contributed by atoms with van der Waals surface area (Å²) in [5.41, 5.74) is 4.57. The summed E-state index contributed by atoms with van der Waals surface area (Å²) in [6, 6.07) is 27.1. The van der Waals surface area contributed by atoms with Crippen molar-refractivity contribution in [1.29, 1.82) is 0 Å². The van der Waals surface area contributed by atoms with E-state index in [1.807, 2.05) is 0 Å². The van der Waals surface area contributed by atoms with E-state index in [4.69, 9.17) is 0 Å². The van der Waals surface area contributed by atoms with Crippen LogP contribution < -0.4 is 15.9 Å². The van der Waals surface area contributed by atoms with E-state index < -0.39 is 0 Å². The van der Waals surface area contributed by atoms with Gasteiger partial charge in [0.25, 0.3) is 0 Å². The topological polar surface area (TPSA) is 0 Å². The molecule has 0 aromatic heterocycles. The second-order valence-electron chi connectivity index (χ2n) is 5.44. The fraction of sp³-hybridized carbons (Fsp3) is 0.0526. The van der Waals surface area contributed by atoms with Crippen molar-refractivity contribution in [2.24, 2.45) is 0 Å². The predicted molar refractivity (Wildman–Crippen MR) is 86.1 cm³/mol. The number of rotatable bonds is 0. The minimum absolute atomic E-state index is 0.351. The minimum Gasteiger partial charge on any atom is -0.0619 e. The van der Waals surface area contributed by atoms with Gasteiger partial charge in [0.2, 0.25) is 0 Å². The van der Waals surface area contributed by atoms with Crippen LogP contribution >= 0.6 is 7.92 Å². The highest BCUT2D eigenvalue weighted by Gasteiger charge is 2.40. The molecule has 6 rings (SSSR count). The summed E-state index contributed by atoms with van der Waals surface area (Å²) in [7, 11) is -0.351. The molecule has 3 heterocycles. The first kappa shape index (κ1) is 10.8. The Hall–Kier alpha value is -1.91. The highest BCUT2D eigenvalue weighted by atomic mass is 31.1. The van der Waals surface area contributed by atoms with Gasteiger partial charge in [0.1, 0.15) is 0 Å². The Balaban J connectivity index is 1.93. The molecule has 0 fully saturated rings. The normalized spacial score (nSPS) is 21.0. The zero-order valence-electron chi connectivity index (χ0n) is 11.0. The molecular weight excluding hydrogens is 259 g/mol. The maximum atomic E-state index is 2.33. The van der Waals surface area contributed by atoms with Gasteiger partial charge in [0.05, 0.1) is 0 Å². The molecule has 0 atom stereocenters. The monoisotopic (exact) mass is 272 g/mol. The molecule has 3 aliphatic rings. The van der Waals surface area contributed by atoms with Crippen LogP contribution in [0.4, 0.5) is 0 Å². The quantitative estimate of drug-likeness (QED) is 0.380. The van der Waals surface area contributed by atoms with Crippen LogP contribution in [0.5, 0.6) is 0 Å². The first-order valence-corrected chi connectivity index (χ1v) is 8.36. The lowest BCUT2D eigenvalue weighted by molar-refractivity contribution is 0.988. The van der Waals surface area contributed by atoms with Crippen molar-refractivity contribution >= 4 is 23.8 Å². The summed E-state index contributed by atoms with van der Waals surface area (Å²) >= 11 is 0. The van der Waals surface area contributed by atoms with Gasteiger partial charge in [0, 0.05) is 5.92 Å². The molecule has 0 spiro atoms. The van der Waals surface area contributed by atoms with E-state index in [-0.39, 0.29) is 7.92 Å². The molecule has 94 valence electrons. The van der Waals surface area contributed by atoms with E-state index in [1.54, 1.807) is 15.9 Å². The largest absolute Gasteiger partial charge is 0.0619 e. The molecule has 0 nitrogen and oxygen atoms in total. The lowest BCUT2D eigenvalue weighted by atomic mass is 9.84. The van der Waals surface area contributed by atoms with Gasteiger partial charge in [-0.1, -0.05) is 72.8 Å². The SMILES string of the molecule is c1ccc2c(c1)C1c3ccccc3P2c2ccccc21. The smallest absolute Gasteiger partial charge is 0.0359 e. The third kappa shape index (κ3) is 1.21. The highest BCUT2D eigenvalue weighted by molar-refractivity contribution is 7.80. The van der Waals surface area contributed by atoms with Gasteiger partial charge in [-0.05, 0) is 40.5 Å². The fourth-order valence-corrected chi connectivity index (χ4v) is 6.57. The van der Waals surface area contributed by atoms with E-state index in [0.717, 1.165) is 0 Å². The zero-order valence-corrected chi connectivity index (χ0v) is 11.8. The van der Waals surface area contributed by atoms with Gasteiger partial charge in [-0.3, -0.25) is 0 Å². The summed E-state index contributed by atoms with van der Waals surface area (Å²) in [4.78, 5) is 0. The minimum atomic E-state index is -0.351. The number of benzene rings is 3. The van der Waals surface area contributed by atoms with E-state index >= 15 is 0 Å². The van der Waals surface area contributed by atoms with Crippen molar-refractivity contribution in [3.8, 4) is 0 Å². The van der Waals surface area contributed by atoms with Gasteiger partial charge < -0.3 is 0 Å². The Morgan fingerprint density at radius 2 is 0.850 bits per heavy atom. The highest BCUT2D eigenvalue weighted by Crippen LogP contribution is 2.52. The van der Waals surface area contributed by atoms with Crippen LogP contribution in [-0.2, 0) is 0 Å². The van der Waals surface area contributed by atoms with Crippen molar-refractivity contribution in [3.63, 3.8) is 0 Å². The summed E-state index contributed by atoms with van der Waals surface area (Å²) in [5, 5.41) is 4.68. The molecule has 3 aromatic rings. The van der Waals surface area contributed by atoms with E-state index in [0.29, 0.717) is 5.92 Å². The summed E-state index contributed by atoms with van der Waals surface area (Å²) < 4.78 is 0. The van der Waals surface area contributed by atoms with Crippen molar-refractivity contribution in [3.05, 3.63) is 89.5 Å². The second-order valence-corrected chi connectivity index (χ2v) is 7.56. The molecule has 3 aliphatic heterocycles. The van der Waals surface area contributed by atoms with E-state index in [9.17, 15) is 0 Å². The summed E-state index contributed by atoms with van der Waals surface area (Å²) in [5.74, 6) is 0.436. The molecule has 0 unspecified atom stereocenters. The van der Waals surface area contributed by atoms with Gasteiger partial charge in [-0.2, -0.15) is 0 Å². The van der Waals surface area contributed by atoms with Crippen LogP contribution in [0.25, 0.3) is 0 Å². The average molecular weight is 272 g/mol. The van der Waals surface area contributed by atoms with Crippen LogP contribution in [0.15, 0.2) is 72.8 Å². The number of hydrogen-bond acceptors (Lipinski definition) is 0. The van der Waals surface area contributed by atoms with Crippen LogP contribution in [0.3, 0.4) is 0 Å². The third-order valence-corrected chi connectivity index (χ3v) is 7.13. The Morgan fingerprint density at radius 3 is 1.25 bits per heavy atom. The average Bonchev–Trinajstić information content (AvgIpc) is 2.54.